The number of benzene rings is 2. The zero-order chi connectivity index (χ0) is 35.5. The van der Waals surface area contributed by atoms with Crippen molar-refractivity contribution in [2.75, 3.05) is 19.6 Å². The first-order chi connectivity index (χ1) is 24.0. The van der Waals surface area contributed by atoms with Crippen molar-refractivity contribution in [3.05, 3.63) is 82.9 Å². The Kier molecular flexibility index (Phi) is 10.3. The maximum Gasteiger partial charge on any atom is 0.264 e. The molecule has 12 nitrogen and oxygen atoms in total. The largest absolute Gasteiger partial charge is 0.349 e. The number of rotatable bonds is 5. The van der Waals surface area contributed by atoms with Gasteiger partial charge in [-0.3, -0.25) is 24.0 Å². The third-order valence-corrected chi connectivity index (χ3v) is 10.4. The van der Waals surface area contributed by atoms with Gasteiger partial charge in [-0.05, 0) is 62.8 Å². The van der Waals surface area contributed by atoms with E-state index >= 15 is 0 Å². The fraction of sp³-hybridized carbons (Fsp3) is 0.405. The molecule has 2 saturated heterocycles. The van der Waals surface area contributed by atoms with E-state index in [9.17, 15) is 24.0 Å². The summed E-state index contributed by atoms with van der Waals surface area (Å²) in [7, 11) is 0. The second-order valence-electron chi connectivity index (χ2n) is 13.5. The molecule has 6 rings (SSSR count). The van der Waals surface area contributed by atoms with Crippen LogP contribution in [-0.2, 0) is 25.6 Å². The monoisotopic (exact) mass is 697 g/mol. The van der Waals surface area contributed by atoms with Gasteiger partial charge in [-0.15, -0.1) is 11.3 Å². The normalized spacial score (nSPS) is 22.5. The average molecular weight is 698 g/mol. The second kappa shape index (κ2) is 14.8. The topological polar surface area (TPSA) is 146 Å². The number of amides is 5. The van der Waals surface area contributed by atoms with Crippen LogP contribution in [0.25, 0.3) is 15.9 Å². The smallest absolute Gasteiger partial charge is 0.264 e. The first-order valence-corrected chi connectivity index (χ1v) is 17.9. The van der Waals surface area contributed by atoms with Gasteiger partial charge in [0, 0.05) is 18.5 Å². The summed E-state index contributed by atoms with van der Waals surface area (Å²) >= 11 is 1.28. The summed E-state index contributed by atoms with van der Waals surface area (Å²) in [6.45, 7) is 7.20. The van der Waals surface area contributed by atoms with Crippen LogP contribution in [0.1, 0.15) is 54.5 Å². The molecule has 0 radical (unpaired) electrons. The van der Waals surface area contributed by atoms with E-state index in [2.05, 4.69) is 16.0 Å². The summed E-state index contributed by atoms with van der Waals surface area (Å²) in [5.41, 5.74) is 2.55. The van der Waals surface area contributed by atoms with Crippen molar-refractivity contribution in [3.63, 3.8) is 0 Å². The molecule has 2 aliphatic heterocycles. The van der Waals surface area contributed by atoms with Crippen LogP contribution in [0.5, 0.6) is 0 Å². The molecule has 50 heavy (non-hydrogen) atoms. The maximum absolute atomic E-state index is 14.4. The van der Waals surface area contributed by atoms with Crippen molar-refractivity contribution < 1.29 is 24.0 Å². The third kappa shape index (κ3) is 7.42. The molecular formula is C37H43N7O5S. The van der Waals surface area contributed by atoms with Crippen LogP contribution in [0.15, 0.2) is 66.7 Å². The number of carbonyl (C=O) groups is 5. The number of nitrogens with one attached hydrogen (secondary N) is 3. The second-order valence-corrected chi connectivity index (χ2v) is 14.5. The first kappa shape index (κ1) is 34.8. The van der Waals surface area contributed by atoms with Crippen molar-refractivity contribution in [2.45, 2.75) is 71.1 Å². The van der Waals surface area contributed by atoms with E-state index in [1.165, 1.54) is 21.1 Å². The Morgan fingerprint density at radius 1 is 0.960 bits per heavy atom. The van der Waals surface area contributed by atoms with Crippen LogP contribution in [0.2, 0.25) is 0 Å². The highest BCUT2D eigenvalue weighted by atomic mass is 32.1. The molecule has 0 aliphatic carbocycles. The summed E-state index contributed by atoms with van der Waals surface area (Å²) in [6.07, 6.45) is 1.46. The molecule has 3 N–H and O–H groups in total. The quantitative estimate of drug-likeness (QED) is 0.292. The predicted octanol–water partition coefficient (Wildman–Crippen LogP) is 3.22. The Bertz CT molecular complexity index is 1890. The van der Waals surface area contributed by atoms with E-state index in [4.69, 9.17) is 5.10 Å². The molecule has 13 heteroatoms. The lowest BCUT2D eigenvalue weighted by molar-refractivity contribution is -0.142. The molecule has 5 amide bonds. The van der Waals surface area contributed by atoms with E-state index in [0.29, 0.717) is 30.7 Å². The highest BCUT2D eigenvalue weighted by Gasteiger charge is 2.39. The molecular weight excluding hydrogens is 655 g/mol. The van der Waals surface area contributed by atoms with Crippen molar-refractivity contribution in [2.24, 2.45) is 5.92 Å². The van der Waals surface area contributed by atoms with Crippen molar-refractivity contribution in [1.29, 1.82) is 0 Å². The number of nitrogens with zero attached hydrogens (tertiary/aromatic N) is 4. The lowest BCUT2D eigenvalue weighted by Gasteiger charge is -2.30. The summed E-state index contributed by atoms with van der Waals surface area (Å²) in [6, 6.07) is 17.9. The molecule has 2 aliphatic rings. The van der Waals surface area contributed by atoms with Gasteiger partial charge in [-0.25, -0.2) is 4.68 Å². The number of aryl methyl sites for hydroxylation is 1. The summed E-state index contributed by atoms with van der Waals surface area (Å²) in [5.74, 6) is -2.35. The molecule has 4 atom stereocenters. The molecule has 2 aromatic carbocycles. The average Bonchev–Trinajstić information content (AvgIpc) is 3.83. The van der Waals surface area contributed by atoms with Gasteiger partial charge in [0.2, 0.25) is 23.6 Å². The highest BCUT2D eigenvalue weighted by molar-refractivity contribution is 7.20. The summed E-state index contributed by atoms with van der Waals surface area (Å²) in [4.78, 5) is 73.2. The Hall–Kier alpha value is -5.04. The number of thiophene rings is 1. The first-order valence-electron chi connectivity index (χ1n) is 17.1. The minimum atomic E-state index is -0.928. The van der Waals surface area contributed by atoms with Crippen LogP contribution >= 0.6 is 11.3 Å². The SMILES string of the molecule is Cc1nn(-c2ccccc2)c2sc(C(=O)N3CC(=O)N[C@@H](C)C(=O)N4CCC[C@@H]4C(=O)N[C@@H](C(C)C)C(=O)N[C@@H](Cc4ccccc4)C3)cc12. The lowest BCUT2D eigenvalue weighted by atomic mass is 10.0. The number of fused-ring (bicyclic) bond motifs is 2. The van der Waals surface area contributed by atoms with Gasteiger partial charge in [-0.2, -0.15) is 5.10 Å². The van der Waals surface area contributed by atoms with Gasteiger partial charge in [0.15, 0.2) is 0 Å². The molecule has 0 unspecified atom stereocenters. The van der Waals surface area contributed by atoms with Crippen molar-refractivity contribution in [3.8, 4) is 5.69 Å². The van der Waals surface area contributed by atoms with Gasteiger partial charge in [0.25, 0.3) is 5.91 Å². The predicted molar refractivity (Wildman–Crippen MR) is 191 cm³/mol. The Labute approximate surface area is 295 Å². The number of hydrogen-bond donors (Lipinski definition) is 3. The maximum atomic E-state index is 14.4. The molecule has 0 spiro atoms. The number of hydrogen-bond acceptors (Lipinski definition) is 7. The van der Waals surface area contributed by atoms with Crippen LogP contribution in [0.4, 0.5) is 0 Å². The van der Waals surface area contributed by atoms with E-state index in [-0.39, 0.29) is 30.8 Å². The number of carbonyl (C=O) groups excluding carboxylic acids is 5. The number of aromatic nitrogens is 2. The van der Waals surface area contributed by atoms with E-state index < -0.39 is 41.9 Å². The van der Waals surface area contributed by atoms with Gasteiger partial charge in [0.05, 0.1) is 28.8 Å². The summed E-state index contributed by atoms with van der Waals surface area (Å²) in [5, 5.41) is 14.3. The Balaban J connectivity index is 1.38. The highest BCUT2D eigenvalue weighted by Crippen LogP contribution is 2.31. The molecule has 2 aromatic heterocycles. The van der Waals surface area contributed by atoms with Gasteiger partial charge < -0.3 is 25.8 Å². The van der Waals surface area contributed by atoms with Crippen LogP contribution in [0.3, 0.4) is 0 Å². The fourth-order valence-corrected chi connectivity index (χ4v) is 7.90. The fourth-order valence-electron chi connectivity index (χ4n) is 6.75. The van der Waals surface area contributed by atoms with E-state index in [1.807, 2.05) is 86.1 Å². The van der Waals surface area contributed by atoms with Gasteiger partial charge in [-0.1, -0.05) is 62.4 Å². The van der Waals surface area contributed by atoms with Crippen LogP contribution in [0, 0.1) is 12.8 Å². The van der Waals surface area contributed by atoms with Gasteiger partial charge in [0.1, 0.15) is 23.0 Å². The molecule has 262 valence electrons. The van der Waals surface area contributed by atoms with Gasteiger partial charge >= 0.3 is 0 Å². The third-order valence-electron chi connectivity index (χ3n) is 9.32. The lowest BCUT2D eigenvalue weighted by Crippen LogP contribution is -2.58. The van der Waals surface area contributed by atoms with Crippen molar-refractivity contribution >= 4 is 51.1 Å². The minimum absolute atomic E-state index is 0.000758. The molecule has 0 bridgehead atoms. The minimum Gasteiger partial charge on any atom is -0.349 e. The molecule has 0 saturated carbocycles. The molecule has 2 fully saturated rings. The number of para-hydroxylation sites is 1. The molecule has 4 heterocycles. The zero-order valence-electron chi connectivity index (χ0n) is 28.7. The van der Waals surface area contributed by atoms with Crippen molar-refractivity contribution in [1.82, 2.24) is 35.5 Å². The summed E-state index contributed by atoms with van der Waals surface area (Å²) < 4.78 is 1.81. The standard InChI is InChI=1S/C37H43N7O5S/c1-22(2)32-34(47)39-26(18-25-12-7-5-8-13-25)20-42(21-31(45)38-24(4)35(48)43-17-11-16-29(43)33(46)40-32)36(49)30-19-28-23(3)41-44(37(28)50-30)27-14-9-6-10-15-27/h5-10,12-15,19,22,24,26,29,32H,11,16-18,20-21H2,1-4H3,(H,38,45)(H,39,47)(H,40,46)/t24-,26-,29+,32-/m0/s1. The van der Waals surface area contributed by atoms with Crippen LogP contribution < -0.4 is 16.0 Å². The zero-order valence-corrected chi connectivity index (χ0v) is 29.5. The Morgan fingerprint density at radius 3 is 2.36 bits per heavy atom. The molecule has 4 aromatic rings. The van der Waals surface area contributed by atoms with Crippen LogP contribution in [-0.4, -0.2) is 92.9 Å². The Morgan fingerprint density at radius 2 is 1.66 bits per heavy atom. The van der Waals surface area contributed by atoms with E-state index in [0.717, 1.165) is 27.2 Å². The van der Waals surface area contributed by atoms with E-state index in [1.54, 1.807) is 13.0 Å².